The van der Waals surface area contributed by atoms with Crippen LogP contribution in [-0.4, -0.2) is 36.2 Å². The van der Waals surface area contributed by atoms with Crippen LogP contribution in [0, 0.1) is 5.92 Å². The number of carbonyl (C=O) groups excluding carboxylic acids is 2. The third kappa shape index (κ3) is 5.78. The molecule has 0 radical (unpaired) electrons. The first-order valence-corrected chi connectivity index (χ1v) is 11.2. The summed E-state index contributed by atoms with van der Waals surface area (Å²) in [5.41, 5.74) is 8.28. The van der Waals surface area contributed by atoms with Crippen LogP contribution in [0.3, 0.4) is 0 Å². The van der Waals surface area contributed by atoms with Crippen LogP contribution in [-0.2, 0) is 17.8 Å². The first-order chi connectivity index (χ1) is 15.5. The Balaban J connectivity index is 1.81. The zero-order valence-corrected chi connectivity index (χ0v) is 20.3. The average Bonchev–Trinajstić information content (AvgIpc) is 2.74. The van der Waals surface area contributed by atoms with Gasteiger partial charge in [-0.25, -0.2) is 4.79 Å². The molecule has 0 aliphatic carbocycles. The van der Waals surface area contributed by atoms with Gasteiger partial charge in [0.05, 0.1) is 13.2 Å². The number of ether oxygens (including phenoxy) is 3. The monoisotopic (exact) mass is 454 g/mol. The normalized spacial score (nSPS) is 15.7. The first-order valence-electron chi connectivity index (χ1n) is 11.2. The Morgan fingerprint density at radius 2 is 1.88 bits per heavy atom. The lowest BCUT2D eigenvalue weighted by Crippen LogP contribution is -2.44. The second-order valence-corrected chi connectivity index (χ2v) is 9.65. The van der Waals surface area contributed by atoms with Crippen LogP contribution >= 0.6 is 0 Å². The number of fused-ring (bicyclic) bond motifs is 1. The minimum Gasteiger partial charge on any atom is -0.496 e. The predicted octanol–water partition coefficient (Wildman–Crippen LogP) is 4.86. The largest absolute Gasteiger partial charge is 0.496 e. The highest BCUT2D eigenvalue weighted by Gasteiger charge is 2.35. The molecule has 0 spiro atoms. The predicted molar refractivity (Wildman–Crippen MR) is 127 cm³/mol. The van der Waals surface area contributed by atoms with Crippen molar-refractivity contribution < 1.29 is 23.8 Å². The van der Waals surface area contributed by atoms with Crippen molar-refractivity contribution in [1.82, 2.24) is 4.90 Å². The molecule has 1 atom stereocenters. The van der Waals surface area contributed by atoms with Gasteiger partial charge in [0.1, 0.15) is 23.7 Å². The van der Waals surface area contributed by atoms with Crippen LogP contribution in [0.25, 0.3) is 0 Å². The molecule has 0 bridgehead atoms. The van der Waals surface area contributed by atoms with E-state index < -0.39 is 11.5 Å². The molecule has 3 rings (SSSR count). The van der Waals surface area contributed by atoms with Crippen molar-refractivity contribution >= 4 is 12.0 Å². The number of benzene rings is 2. The van der Waals surface area contributed by atoms with Gasteiger partial charge in [0.15, 0.2) is 0 Å². The van der Waals surface area contributed by atoms with Crippen molar-refractivity contribution in [2.24, 2.45) is 11.7 Å². The maximum Gasteiger partial charge on any atom is 0.410 e. The van der Waals surface area contributed by atoms with Crippen molar-refractivity contribution in [3.05, 3.63) is 58.7 Å². The van der Waals surface area contributed by atoms with Gasteiger partial charge in [-0.3, -0.25) is 4.79 Å². The number of hydrogen-bond donors (Lipinski definition) is 1. The van der Waals surface area contributed by atoms with E-state index in [9.17, 15) is 9.59 Å². The Morgan fingerprint density at radius 1 is 1.15 bits per heavy atom. The van der Waals surface area contributed by atoms with E-state index in [1.807, 2.05) is 43.9 Å². The molecule has 2 aromatic carbocycles. The lowest BCUT2D eigenvalue weighted by Gasteiger charge is -2.40. The Bertz CT molecular complexity index is 1030. The molecule has 33 heavy (non-hydrogen) atoms. The van der Waals surface area contributed by atoms with Gasteiger partial charge in [-0.2, -0.15) is 0 Å². The lowest BCUT2D eigenvalue weighted by molar-refractivity contribution is 0.00876. The minimum atomic E-state index is -0.538. The standard InChI is InChI=1S/C26H34N2O5/c1-16(2)23-21-9-8-20(14-17(21)11-12-28(23)25(30)33-26(3,4)5)32-15-19-13-18(24(27)29)7-10-22(19)31-6/h7-10,13-14,16,23H,11-12,15H2,1-6H3,(H2,27,29)/t23-/m0/s1. The second-order valence-electron chi connectivity index (χ2n) is 9.65. The van der Waals surface area contributed by atoms with Crippen LogP contribution in [0.15, 0.2) is 36.4 Å². The van der Waals surface area contributed by atoms with Gasteiger partial charge < -0.3 is 24.8 Å². The first kappa shape index (κ1) is 24.4. The number of nitrogens with two attached hydrogens (primary N) is 1. The summed E-state index contributed by atoms with van der Waals surface area (Å²) in [6.45, 7) is 10.7. The van der Waals surface area contributed by atoms with E-state index in [0.29, 0.717) is 23.6 Å². The van der Waals surface area contributed by atoms with Gasteiger partial charge in [-0.05, 0) is 74.6 Å². The molecular formula is C26H34N2O5. The number of hydrogen-bond acceptors (Lipinski definition) is 5. The highest BCUT2D eigenvalue weighted by atomic mass is 16.6. The maximum absolute atomic E-state index is 12.8. The summed E-state index contributed by atoms with van der Waals surface area (Å²) >= 11 is 0. The van der Waals surface area contributed by atoms with Gasteiger partial charge >= 0.3 is 6.09 Å². The fraction of sp³-hybridized carbons (Fsp3) is 0.462. The van der Waals surface area contributed by atoms with Crippen LogP contribution in [0.1, 0.15) is 67.7 Å². The van der Waals surface area contributed by atoms with E-state index in [1.54, 1.807) is 25.3 Å². The van der Waals surface area contributed by atoms with E-state index in [0.717, 1.165) is 23.1 Å². The molecule has 0 unspecified atom stereocenters. The smallest absolute Gasteiger partial charge is 0.410 e. The summed E-state index contributed by atoms with van der Waals surface area (Å²) in [5.74, 6) is 1.07. The molecule has 0 saturated carbocycles. The number of rotatable bonds is 6. The molecule has 1 aliphatic rings. The van der Waals surface area contributed by atoms with E-state index >= 15 is 0 Å². The topological polar surface area (TPSA) is 91.1 Å². The molecule has 2 amide bonds. The fourth-order valence-electron chi connectivity index (χ4n) is 4.17. The Kier molecular flexibility index (Phi) is 7.20. The van der Waals surface area contributed by atoms with Gasteiger partial charge in [0.2, 0.25) is 5.91 Å². The van der Waals surface area contributed by atoms with Crippen LogP contribution in [0.2, 0.25) is 0 Å². The van der Waals surface area contributed by atoms with Crippen molar-refractivity contribution in [3.8, 4) is 11.5 Å². The van der Waals surface area contributed by atoms with E-state index in [2.05, 4.69) is 13.8 Å². The Hall–Kier alpha value is -3.22. The summed E-state index contributed by atoms with van der Waals surface area (Å²) in [4.78, 5) is 26.2. The molecule has 178 valence electrons. The molecule has 7 nitrogen and oxygen atoms in total. The van der Waals surface area contributed by atoms with Gasteiger partial charge in [0, 0.05) is 17.7 Å². The Labute approximate surface area is 195 Å². The Morgan fingerprint density at radius 3 is 2.48 bits per heavy atom. The molecule has 0 fully saturated rings. The molecule has 1 aliphatic heterocycles. The quantitative estimate of drug-likeness (QED) is 0.673. The molecular weight excluding hydrogens is 420 g/mol. The van der Waals surface area contributed by atoms with Crippen molar-refractivity contribution in [2.45, 2.75) is 59.3 Å². The summed E-state index contributed by atoms with van der Waals surface area (Å²) < 4.78 is 17.1. The molecule has 1 heterocycles. The maximum atomic E-state index is 12.8. The molecule has 2 aromatic rings. The van der Waals surface area contributed by atoms with Gasteiger partial charge in [-0.15, -0.1) is 0 Å². The molecule has 0 aromatic heterocycles. The number of primary amides is 1. The minimum absolute atomic E-state index is 0.0648. The number of nitrogens with zero attached hydrogens (tertiary/aromatic N) is 1. The lowest BCUT2D eigenvalue weighted by atomic mass is 9.86. The molecule has 0 saturated heterocycles. The number of carbonyl (C=O) groups is 2. The van der Waals surface area contributed by atoms with Crippen LogP contribution < -0.4 is 15.2 Å². The third-order valence-electron chi connectivity index (χ3n) is 5.61. The van der Waals surface area contributed by atoms with Gasteiger partial charge in [-0.1, -0.05) is 19.9 Å². The van der Waals surface area contributed by atoms with Crippen LogP contribution in [0.4, 0.5) is 4.79 Å². The van der Waals surface area contributed by atoms with E-state index in [4.69, 9.17) is 19.9 Å². The van der Waals surface area contributed by atoms with Crippen LogP contribution in [0.5, 0.6) is 11.5 Å². The summed E-state index contributed by atoms with van der Waals surface area (Å²) in [6, 6.07) is 10.9. The van der Waals surface area contributed by atoms with Crippen molar-refractivity contribution in [1.29, 1.82) is 0 Å². The number of methoxy groups -OCH3 is 1. The van der Waals surface area contributed by atoms with Crippen molar-refractivity contribution in [2.75, 3.05) is 13.7 Å². The van der Waals surface area contributed by atoms with Crippen molar-refractivity contribution in [3.63, 3.8) is 0 Å². The fourth-order valence-corrected chi connectivity index (χ4v) is 4.17. The van der Waals surface area contributed by atoms with E-state index in [1.165, 1.54) is 0 Å². The molecule has 7 heteroatoms. The summed E-state index contributed by atoms with van der Waals surface area (Å²) in [5, 5.41) is 0. The average molecular weight is 455 g/mol. The van der Waals surface area contributed by atoms with E-state index in [-0.39, 0.29) is 24.7 Å². The number of amides is 2. The third-order valence-corrected chi connectivity index (χ3v) is 5.61. The SMILES string of the molecule is COc1ccc(C(N)=O)cc1COc1ccc2c(c1)CCN(C(=O)OC(C)(C)C)[C@H]2C(C)C. The zero-order chi connectivity index (χ0) is 24.3. The summed E-state index contributed by atoms with van der Waals surface area (Å²) in [6.07, 6.45) is 0.434. The second kappa shape index (κ2) is 9.73. The highest BCUT2D eigenvalue weighted by molar-refractivity contribution is 5.93. The van der Waals surface area contributed by atoms with Gasteiger partial charge in [0.25, 0.3) is 0 Å². The molecule has 2 N–H and O–H groups in total. The summed E-state index contributed by atoms with van der Waals surface area (Å²) in [7, 11) is 1.57. The highest BCUT2D eigenvalue weighted by Crippen LogP contribution is 2.38. The zero-order valence-electron chi connectivity index (χ0n) is 20.3.